The van der Waals surface area contributed by atoms with E-state index in [0.717, 1.165) is 141 Å². The van der Waals surface area contributed by atoms with E-state index in [1.165, 1.54) is 148 Å². The summed E-state index contributed by atoms with van der Waals surface area (Å²) in [6, 6.07) is 0. The minimum atomic E-state index is -5.81. The molecule has 3 aliphatic rings. The lowest BCUT2D eigenvalue weighted by Gasteiger charge is -2.50. The summed E-state index contributed by atoms with van der Waals surface area (Å²) in [5.74, 6) is -2.32. The van der Waals surface area contributed by atoms with Gasteiger partial charge in [-0.05, 0) is 83.0 Å². The summed E-state index contributed by atoms with van der Waals surface area (Å²) in [6.07, 6.45) is 26.2. The van der Waals surface area contributed by atoms with Gasteiger partial charge in [0.2, 0.25) is 0 Å². The number of hydrogen-bond donors (Lipinski definition) is 10. The van der Waals surface area contributed by atoms with E-state index in [-0.39, 0.29) is 32.1 Å². The summed E-state index contributed by atoms with van der Waals surface area (Å²) < 4.78 is 73.4. The number of phosphoric ester groups is 1. The van der Waals surface area contributed by atoms with E-state index in [1.807, 2.05) is 0 Å². The number of carbonyl (C=O) groups excluding carboxylic acids is 4. The van der Waals surface area contributed by atoms with Crippen molar-refractivity contribution < 1.29 is 122 Å². The van der Waals surface area contributed by atoms with E-state index >= 15 is 0 Å². The summed E-state index contributed by atoms with van der Waals surface area (Å²) in [5, 5.41) is 102. The van der Waals surface area contributed by atoms with Crippen molar-refractivity contribution in [2.45, 2.75) is 492 Å². The zero-order chi connectivity index (χ0) is 84.8. The molecule has 19 unspecified atom stereocenters. The fourth-order valence-corrected chi connectivity index (χ4v) is 16.3. The lowest BCUT2D eigenvalue weighted by molar-refractivity contribution is -0.360. The first-order valence-electron chi connectivity index (χ1n) is 46.5. The van der Waals surface area contributed by atoms with Crippen LogP contribution in [-0.4, -0.2) is 205 Å². The number of phosphoric acid groups is 1. The van der Waals surface area contributed by atoms with Crippen molar-refractivity contribution in [1.29, 1.82) is 0 Å². The number of aliphatic hydroxyl groups excluding tert-OH is 9. The number of rotatable bonds is 74. The smallest absolute Gasteiger partial charge is 0.463 e. The monoisotopic (exact) mass is 1680 g/mol. The summed E-state index contributed by atoms with van der Waals surface area (Å²) in [5.41, 5.74) is 0. The average molecular weight is 1680 g/mol. The highest BCUT2D eigenvalue weighted by Gasteiger charge is 2.60. The maximum atomic E-state index is 14.9. The molecule has 25 nitrogen and oxygen atoms in total. The van der Waals surface area contributed by atoms with Gasteiger partial charge < -0.3 is 88.7 Å². The molecule has 1 aliphatic carbocycles. The van der Waals surface area contributed by atoms with E-state index in [1.54, 1.807) is 0 Å². The molecular formula is C90H165O25P. The van der Waals surface area contributed by atoms with Crippen LogP contribution in [0.5, 0.6) is 0 Å². The molecule has 680 valence electrons. The number of unbranched alkanes of at least 4 members (excludes halogenated alkanes) is 42. The van der Waals surface area contributed by atoms with Crippen molar-refractivity contribution in [3.05, 3.63) is 24.3 Å². The SMILES string of the molecule is CCCCCC/C=C\CCCCCCCCCC(=O)OCC(COP(=O)(O)OC1C(OC2OC(CO)C(O)C(O)C2O)C(O)C(O)C(OC(=O)CCCCC/C=C\CCCCCCCC)C1OC1OC(COC(=O)CCCCCCCCCCCCCCC)C(O)C(O)C1O)OC(=O)CCCCCCCCC(C)CCCCCCCC. The van der Waals surface area contributed by atoms with Gasteiger partial charge in [-0.1, -0.05) is 309 Å². The summed E-state index contributed by atoms with van der Waals surface area (Å²) >= 11 is 0. The fourth-order valence-electron chi connectivity index (χ4n) is 15.3. The first-order chi connectivity index (χ1) is 56.1. The first-order valence-corrected chi connectivity index (χ1v) is 48.0. The molecule has 0 aromatic rings. The summed E-state index contributed by atoms with van der Waals surface area (Å²) in [4.78, 5) is 66.4. The second kappa shape index (κ2) is 68.4. The molecule has 0 amide bonds. The van der Waals surface area contributed by atoms with Gasteiger partial charge in [0.25, 0.3) is 0 Å². The van der Waals surface area contributed by atoms with Crippen LogP contribution in [0.2, 0.25) is 0 Å². The maximum Gasteiger partial charge on any atom is 0.472 e. The lowest BCUT2D eigenvalue weighted by atomic mass is 9.84. The first kappa shape index (κ1) is 107. The number of allylic oxidation sites excluding steroid dienone is 4. The van der Waals surface area contributed by atoms with E-state index in [4.69, 9.17) is 46.9 Å². The molecule has 2 heterocycles. The number of carbonyl (C=O) groups is 4. The van der Waals surface area contributed by atoms with E-state index < -0.39 is 162 Å². The molecule has 19 atom stereocenters. The third-order valence-electron chi connectivity index (χ3n) is 22.8. The minimum absolute atomic E-state index is 0.0152. The van der Waals surface area contributed by atoms with Crippen molar-refractivity contribution in [1.82, 2.24) is 0 Å². The third-order valence-corrected chi connectivity index (χ3v) is 23.8. The number of hydrogen-bond acceptors (Lipinski definition) is 24. The molecule has 0 radical (unpaired) electrons. The number of esters is 4. The second-order valence-corrected chi connectivity index (χ2v) is 34.8. The van der Waals surface area contributed by atoms with Crippen LogP contribution in [0.15, 0.2) is 24.3 Å². The fraction of sp³-hybridized carbons (Fsp3) is 0.911. The number of aliphatic hydroxyl groups is 9. The highest BCUT2D eigenvalue weighted by molar-refractivity contribution is 7.47. The molecule has 10 N–H and O–H groups in total. The second-order valence-electron chi connectivity index (χ2n) is 33.4. The predicted molar refractivity (Wildman–Crippen MR) is 449 cm³/mol. The lowest BCUT2D eigenvalue weighted by Crippen LogP contribution is -2.70. The van der Waals surface area contributed by atoms with Gasteiger partial charge in [-0.3, -0.25) is 28.2 Å². The minimum Gasteiger partial charge on any atom is -0.463 e. The van der Waals surface area contributed by atoms with Gasteiger partial charge in [0.05, 0.1) is 13.2 Å². The average Bonchev–Trinajstić information content (AvgIpc) is 0.754. The van der Waals surface area contributed by atoms with Gasteiger partial charge in [-0.2, -0.15) is 0 Å². The van der Waals surface area contributed by atoms with Crippen LogP contribution in [-0.2, 0) is 70.7 Å². The van der Waals surface area contributed by atoms with Gasteiger partial charge in [-0.15, -0.1) is 0 Å². The van der Waals surface area contributed by atoms with E-state index in [2.05, 4.69) is 58.9 Å². The molecule has 26 heteroatoms. The van der Waals surface area contributed by atoms with Crippen LogP contribution < -0.4 is 0 Å². The largest absolute Gasteiger partial charge is 0.472 e. The Morgan fingerprint density at radius 1 is 0.362 bits per heavy atom. The van der Waals surface area contributed by atoms with Gasteiger partial charge >= 0.3 is 31.7 Å². The van der Waals surface area contributed by atoms with Crippen LogP contribution in [0.3, 0.4) is 0 Å². The summed E-state index contributed by atoms with van der Waals surface area (Å²) in [7, 11) is -5.81. The molecule has 3 fully saturated rings. The quantitative estimate of drug-likeness (QED) is 0.00889. The van der Waals surface area contributed by atoms with Crippen molar-refractivity contribution in [3.8, 4) is 0 Å². The summed E-state index contributed by atoms with van der Waals surface area (Å²) in [6.45, 7) is 7.88. The van der Waals surface area contributed by atoms with Crippen molar-refractivity contribution >= 4 is 31.7 Å². The standard InChI is InChI=1S/C90H165O25P/c1-6-10-14-18-22-25-28-31-32-35-37-39-42-49-55-61-73(92)106-66-70(109-75(94)63-57-52-46-45-48-54-60-69(5)59-53-47-21-17-13-9-4)67-108-116(104,105)115-88-86(113-89-83(102)79(98)77(96)71(65-91)110-89)82(101)81(100)85(112-76(95)64-58-51-44-41-38-34-30-27-24-20-16-12-8-3)87(88)114-90-84(103)80(99)78(97)72(111-90)68-107-74(93)62-56-50-43-40-36-33-29-26-23-19-15-11-7-2/h25,28,34,38,69-72,77-91,96-103H,6-24,26-27,29-33,35-37,39-68H2,1-5H3,(H,104,105)/b28-25-,38-34-. The maximum absolute atomic E-state index is 14.9. The van der Waals surface area contributed by atoms with Gasteiger partial charge in [0.15, 0.2) is 24.8 Å². The Morgan fingerprint density at radius 2 is 0.698 bits per heavy atom. The van der Waals surface area contributed by atoms with Crippen molar-refractivity contribution in [3.63, 3.8) is 0 Å². The molecule has 0 spiro atoms. The van der Waals surface area contributed by atoms with Crippen LogP contribution in [0.1, 0.15) is 388 Å². The van der Waals surface area contributed by atoms with Gasteiger partial charge in [0.1, 0.15) is 92.6 Å². The third kappa shape index (κ3) is 48.7. The molecular weight excluding hydrogens is 1510 g/mol. The Morgan fingerprint density at radius 3 is 1.13 bits per heavy atom. The molecule has 0 bridgehead atoms. The Labute approximate surface area is 698 Å². The van der Waals surface area contributed by atoms with Crippen molar-refractivity contribution in [2.24, 2.45) is 5.92 Å². The van der Waals surface area contributed by atoms with Crippen molar-refractivity contribution in [2.75, 3.05) is 26.4 Å². The predicted octanol–water partition coefficient (Wildman–Crippen LogP) is 16.8. The molecule has 2 aliphatic heterocycles. The molecule has 3 rings (SSSR count). The normalized spacial score (nSPS) is 25.5. The van der Waals surface area contributed by atoms with Crippen LogP contribution >= 0.6 is 7.82 Å². The van der Waals surface area contributed by atoms with Gasteiger partial charge in [0, 0.05) is 25.7 Å². The van der Waals surface area contributed by atoms with E-state index in [0.29, 0.717) is 38.0 Å². The Balaban J connectivity index is 1.93. The molecule has 116 heavy (non-hydrogen) atoms. The zero-order valence-electron chi connectivity index (χ0n) is 72.5. The number of ether oxygens (including phenoxy) is 8. The molecule has 1 saturated carbocycles. The Kier molecular flexibility index (Phi) is 63.2. The molecule has 0 aromatic heterocycles. The Bertz CT molecular complexity index is 2530. The Hall–Kier alpha value is -3.05. The van der Waals surface area contributed by atoms with E-state index in [9.17, 15) is 74.6 Å². The highest BCUT2D eigenvalue weighted by atomic mass is 31.2. The van der Waals surface area contributed by atoms with Crippen LogP contribution in [0, 0.1) is 5.92 Å². The van der Waals surface area contributed by atoms with Crippen LogP contribution in [0.4, 0.5) is 0 Å². The molecule has 2 saturated heterocycles. The van der Waals surface area contributed by atoms with Crippen LogP contribution in [0.25, 0.3) is 0 Å². The topological polar surface area (TPSA) is 380 Å². The molecule has 0 aromatic carbocycles. The highest BCUT2D eigenvalue weighted by Crippen LogP contribution is 2.49. The zero-order valence-corrected chi connectivity index (χ0v) is 73.4. The van der Waals surface area contributed by atoms with Gasteiger partial charge in [-0.25, -0.2) is 4.57 Å².